The van der Waals surface area contributed by atoms with Crippen LogP contribution in [0.15, 0.2) is 42.2 Å². The summed E-state index contributed by atoms with van der Waals surface area (Å²) in [6.45, 7) is 1.67. The summed E-state index contributed by atoms with van der Waals surface area (Å²) < 4.78 is 18.6. The van der Waals surface area contributed by atoms with Crippen molar-refractivity contribution in [2.24, 2.45) is 0 Å². The maximum atomic E-state index is 13.1. The molecule has 20 heavy (non-hydrogen) atoms. The average molecular weight is 270 g/mol. The van der Waals surface area contributed by atoms with Gasteiger partial charge in [0, 0.05) is 5.56 Å². The number of allylic oxidation sites excluding steroid dienone is 1. The van der Waals surface area contributed by atoms with E-state index in [1.165, 1.54) is 30.3 Å². The molecule has 1 aliphatic heterocycles. The van der Waals surface area contributed by atoms with Crippen LogP contribution in [-0.4, -0.2) is 10.9 Å². The van der Waals surface area contributed by atoms with Gasteiger partial charge in [0.1, 0.15) is 17.3 Å². The Morgan fingerprint density at radius 2 is 2.05 bits per heavy atom. The van der Waals surface area contributed by atoms with Crippen molar-refractivity contribution in [3.05, 3.63) is 64.7 Å². The summed E-state index contributed by atoms with van der Waals surface area (Å²) in [5.41, 5.74) is 1.46. The standard InChI is InChI=1S/C16H11FO3/c1-9-13(18)6-5-12-15(19)14(20-16(9)12)8-10-3-2-4-11(17)7-10/h2-8,18H,1H3/b14-8-. The number of aromatic hydroxyl groups is 1. The zero-order valence-corrected chi connectivity index (χ0v) is 10.7. The first-order chi connectivity index (χ1) is 9.56. The fourth-order valence-electron chi connectivity index (χ4n) is 2.12. The van der Waals surface area contributed by atoms with Gasteiger partial charge in [-0.2, -0.15) is 0 Å². The van der Waals surface area contributed by atoms with Crippen LogP contribution in [0.3, 0.4) is 0 Å². The molecule has 100 valence electrons. The fraction of sp³-hybridized carbons (Fsp3) is 0.0625. The number of fused-ring (bicyclic) bond motifs is 1. The number of hydrogen-bond acceptors (Lipinski definition) is 3. The van der Waals surface area contributed by atoms with Crippen LogP contribution in [-0.2, 0) is 0 Å². The third-order valence-corrected chi connectivity index (χ3v) is 3.20. The number of ether oxygens (including phenoxy) is 1. The first-order valence-corrected chi connectivity index (χ1v) is 6.08. The predicted octanol–water partition coefficient (Wildman–Crippen LogP) is 3.46. The van der Waals surface area contributed by atoms with Gasteiger partial charge in [0.25, 0.3) is 0 Å². The monoisotopic (exact) mass is 270 g/mol. The van der Waals surface area contributed by atoms with E-state index in [0.29, 0.717) is 22.4 Å². The molecule has 0 atom stereocenters. The highest BCUT2D eigenvalue weighted by Crippen LogP contribution is 2.38. The SMILES string of the molecule is Cc1c(O)ccc2c1O/C(=C\c1cccc(F)c1)C2=O. The Hall–Kier alpha value is -2.62. The van der Waals surface area contributed by atoms with Crippen molar-refractivity contribution in [3.8, 4) is 11.5 Å². The zero-order chi connectivity index (χ0) is 14.3. The summed E-state index contributed by atoms with van der Waals surface area (Å²) in [6.07, 6.45) is 1.49. The molecule has 0 unspecified atom stereocenters. The van der Waals surface area contributed by atoms with E-state index in [2.05, 4.69) is 0 Å². The number of phenols is 1. The van der Waals surface area contributed by atoms with E-state index in [1.807, 2.05) is 0 Å². The Balaban J connectivity index is 2.04. The van der Waals surface area contributed by atoms with E-state index in [0.717, 1.165) is 0 Å². The van der Waals surface area contributed by atoms with Gasteiger partial charge < -0.3 is 9.84 Å². The second kappa shape index (κ2) is 4.49. The van der Waals surface area contributed by atoms with Crippen LogP contribution >= 0.6 is 0 Å². The van der Waals surface area contributed by atoms with Crippen LogP contribution < -0.4 is 4.74 Å². The minimum absolute atomic E-state index is 0.0727. The second-order valence-electron chi connectivity index (χ2n) is 4.58. The normalized spacial score (nSPS) is 15.3. The van der Waals surface area contributed by atoms with Crippen molar-refractivity contribution >= 4 is 11.9 Å². The average Bonchev–Trinajstić information content (AvgIpc) is 2.72. The number of Topliss-reactive ketones (excluding diaryl/α,β-unsaturated/α-hetero) is 1. The van der Waals surface area contributed by atoms with Crippen LogP contribution in [0.4, 0.5) is 4.39 Å². The molecule has 0 saturated carbocycles. The van der Waals surface area contributed by atoms with Crippen molar-refractivity contribution in [3.63, 3.8) is 0 Å². The Bertz CT molecular complexity index is 747. The predicted molar refractivity (Wildman–Crippen MR) is 72.2 cm³/mol. The summed E-state index contributed by atoms with van der Waals surface area (Å²) in [6, 6.07) is 8.87. The molecule has 0 fully saturated rings. The first-order valence-electron chi connectivity index (χ1n) is 6.08. The Kier molecular flexibility index (Phi) is 2.79. The summed E-state index contributed by atoms with van der Waals surface area (Å²) in [4.78, 5) is 12.2. The van der Waals surface area contributed by atoms with E-state index in [-0.39, 0.29) is 23.1 Å². The topological polar surface area (TPSA) is 46.5 Å². The Morgan fingerprint density at radius 1 is 1.25 bits per heavy atom. The molecule has 0 aromatic heterocycles. The minimum atomic E-state index is -0.379. The summed E-state index contributed by atoms with van der Waals surface area (Å²) >= 11 is 0. The third-order valence-electron chi connectivity index (χ3n) is 3.20. The molecule has 2 aromatic carbocycles. The number of hydrogen-bond donors (Lipinski definition) is 1. The molecule has 4 heteroatoms. The Labute approximate surface area is 114 Å². The van der Waals surface area contributed by atoms with E-state index >= 15 is 0 Å². The highest BCUT2D eigenvalue weighted by Gasteiger charge is 2.29. The molecule has 0 saturated heterocycles. The second-order valence-corrected chi connectivity index (χ2v) is 4.58. The fourth-order valence-corrected chi connectivity index (χ4v) is 2.12. The van der Waals surface area contributed by atoms with Gasteiger partial charge in [-0.1, -0.05) is 12.1 Å². The number of ketones is 1. The van der Waals surface area contributed by atoms with Gasteiger partial charge in [-0.05, 0) is 42.8 Å². The van der Waals surface area contributed by atoms with E-state index in [4.69, 9.17) is 4.74 Å². The number of benzene rings is 2. The molecule has 1 aliphatic rings. The molecule has 0 spiro atoms. The molecular formula is C16H11FO3. The van der Waals surface area contributed by atoms with Gasteiger partial charge in [-0.25, -0.2) is 4.39 Å². The zero-order valence-electron chi connectivity index (χ0n) is 10.7. The van der Waals surface area contributed by atoms with Crippen LogP contribution in [0, 0.1) is 12.7 Å². The number of halogens is 1. The van der Waals surface area contributed by atoms with Crippen molar-refractivity contribution < 1.29 is 19.0 Å². The van der Waals surface area contributed by atoms with Crippen LogP contribution in [0.1, 0.15) is 21.5 Å². The molecule has 0 radical (unpaired) electrons. The third kappa shape index (κ3) is 1.95. The highest BCUT2D eigenvalue weighted by atomic mass is 19.1. The lowest BCUT2D eigenvalue weighted by atomic mass is 10.1. The number of carbonyl (C=O) groups is 1. The van der Waals surface area contributed by atoms with Crippen molar-refractivity contribution in [1.82, 2.24) is 0 Å². The van der Waals surface area contributed by atoms with E-state index < -0.39 is 0 Å². The van der Waals surface area contributed by atoms with Gasteiger partial charge in [0.2, 0.25) is 5.78 Å². The quantitative estimate of drug-likeness (QED) is 0.807. The maximum Gasteiger partial charge on any atom is 0.231 e. The molecule has 1 N–H and O–H groups in total. The lowest BCUT2D eigenvalue weighted by Gasteiger charge is -2.03. The molecule has 3 nitrogen and oxygen atoms in total. The largest absolute Gasteiger partial charge is 0.508 e. The Morgan fingerprint density at radius 3 is 2.80 bits per heavy atom. The van der Waals surface area contributed by atoms with Gasteiger partial charge in [-0.3, -0.25) is 4.79 Å². The molecule has 0 bridgehead atoms. The lowest BCUT2D eigenvalue weighted by molar-refractivity contribution is 0.101. The maximum absolute atomic E-state index is 13.1. The van der Waals surface area contributed by atoms with Crippen molar-refractivity contribution in [2.75, 3.05) is 0 Å². The summed E-state index contributed by atoms with van der Waals surface area (Å²) in [5, 5.41) is 9.62. The van der Waals surface area contributed by atoms with Crippen molar-refractivity contribution in [1.29, 1.82) is 0 Å². The van der Waals surface area contributed by atoms with Crippen LogP contribution in [0.5, 0.6) is 11.5 Å². The van der Waals surface area contributed by atoms with Crippen LogP contribution in [0.25, 0.3) is 6.08 Å². The van der Waals surface area contributed by atoms with E-state index in [9.17, 15) is 14.3 Å². The first kappa shape index (κ1) is 12.4. The van der Waals surface area contributed by atoms with Crippen molar-refractivity contribution in [2.45, 2.75) is 6.92 Å². The summed E-state index contributed by atoms with van der Waals surface area (Å²) in [7, 11) is 0. The molecule has 0 aliphatic carbocycles. The van der Waals surface area contributed by atoms with Gasteiger partial charge in [0.05, 0.1) is 5.56 Å². The lowest BCUT2D eigenvalue weighted by Crippen LogP contribution is -1.98. The molecule has 0 amide bonds. The van der Waals surface area contributed by atoms with Gasteiger partial charge in [0.15, 0.2) is 5.76 Å². The minimum Gasteiger partial charge on any atom is -0.508 e. The summed E-state index contributed by atoms with van der Waals surface area (Å²) in [5.74, 6) is -0.0935. The number of carbonyl (C=O) groups excluding carboxylic acids is 1. The number of phenolic OH excluding ortho intramolecular Hbond substituents is 1. The van der Waals surface area contributed by atoms with Gasteiger partial charge >= 0.3 is 0 Å². The van der Waals surface area contributed by atoms with E-state index in [1.54, 1.807) is 19.1 Å². The highest BCUT2D eigenvalue weighted by molar-refractivity contribution is 6.14. The molecule has 1 heterocycles. The molecular weight excluding hydrogens is 259 g/mol. The molecule has 2 aromatic rings. The van der Waals surface area contributed by atoms with Gasteiger partial charge in [-0.15, -0.1) is 0 Å². The smallest absolute Gasteiger partial charge is 0.231 e. The molecule has 3 rings (SSSR count). The van der Waals surface area contributed by atoms with Crippen LogP contribution in [0.2, 0.25) is 0 Å². The number of rotatable bonds is 1.